The molecule has 2 rings (SSSR count). The SMILES string of the molecule is CC1(C)CCCN1C(=O)c1ccc(Br)s1. The van der Waals surface area contributed by atoms with Gasteiger partial charge in [0.05, 0.1) is 8.66 Å². The van der Waals surface area contributed by atoms with Gasteiger partial charge in [-0.1, -0.05) is 0 Å². The van der Waals surface area contributed by atoms with E-state index in [2.05, 4.69) is 29.8 Å². The summed E-state index contributed by atoms with van der Waals surface area (Å²) in [6, 6.07) is 3.83. The largest absolute Gasteiger partial charge is 0.333 e. The maximum Gasteiger partial charge on any atom is 0.264 e. The van der Waals surface area contributed by atoms with Crippen molar-refractivity contribution in [3.63, 3.8) is 0 Å². The third-order valence-electron chi connectivity index (χ3n) is 2.93. The molecule has 2 heterocycles. The monoisotopic (exact) mass is 287 g/mol. The average molecular weight is 288 g/mol. The summed E-state index contributed by atoms with van der Waals surface area (Å²) in [4.78, 5) is 15.0. The summed E-state index contributed by atoms with van der Waals surface area (Å²) in [6.45, 7) is 5.17. The topological polar surface area (TPSA) is 20.3 Å². The lowest BCUT2D eigenvalue weighted by Gasteiger charge is -2.31. The summed E-state index contributed by atoms with van der Waals surface area (Å²) in [7, 11) is 0. The molecule has 1 aromatic heterocycles. The van der Waals surface area contributed by atoms with Crippen molar-refractivity contribution in [2.75, 3.05) is 6.54 Å². The van der Waals surface area contributed by atoms with Gasteiger partial charge in [0.25, 0.3) is 5.91 Å². The predicted molar refractivity (Wildman–Crippen MR) is 66.4 cm³/mol. The molecule has 1 aliphatic heterocycles. The van der Waals surface area contributed by atoms with Crippen LogP contribution in [-0.4, -0.2) is 22.9 Å². The second-order valence-corrected chi connectivity index (χ2v) is 6.94. The van der Waals surface area contributed by atoms with Crippen LogP contribution in [0, 0.1) is 0 Å². The number of hydrogen-bond donors (Lipinski definition) is 0. The maximum absolute atomic E-state index is 12.2. The second kappa shape index (κ2) is 3.91. The first-order valence-corrected chi connectivity index (χ1v) is 6.69. The Labute approximate surface area is 102 Å². The number of rotatable bonds is 1. The van der Waals surface area contributed by atoms with Crippen molar-refractivity contribution in [2.24, 2.45) is 0 Å². The van der Waals surface area contributed by atoms with Crippen molar-refractivity contribution in [3.8, 4) is 0 Å². The Balaban J connectivity index is 2.21. The molecule has 0 spiro atoms. The second-order valence-electron chi connectivity index (χ2n) is 4.48. The zero-order valence-electron chi connectivity index (χ0n) is 8.92. The quantitative estimate of drug-likeness (QED) is 0.774. The summed E-state index contributed by atoms with van der Waals surface area (Å²) in [5.74, 6) is 0.174. The number of likely N-dealkylation sites (tertiary alicyclic amines) is 1. The number of carbonyl (C=O) groups excluding carboxylic acids is 1. The summed E-state index contributed by atoms with van der Waals surface area (Å²) >= 11 is 4.89. The lowest BCUT2D eigenvalue weighted by Crippen LogP contribution is -2.42. The molecule has 15 heavy (non-hydrogen) atoms. The summed E-state index contributed by atoms with van der Waals surface area (Å²) in [6.07, 6.45) is 2.22. The standard InChI is InChI=1S/C11H14BrNOS/c1-11(2)6-3-7-13(11)10(14)8-4-5-9(12)15-8/h4-5H,3,6-7H2,1-2H3. The minimum atomic E-state index is 0.0214. The number of amides is 1. The van der Waals surface area contributed by atoms with Crippen molar-refractivity contribution in [1.29, 1.82) is 0 Å². The lowest BCUT2D eigenvalue weighted by atomic mass is 10.0. The van der Waals surface area contributed by atoms with Crippen LogP contribution in [0.2, 0.25) is 0 Å². The van der Waals surface area contributed by atoms with Crippen LogP contribution in [0.3, 0.4) is 0 Å². The fourth-order valence-electron chi connectivity index (χ4n) is 2.05. The zero-order valence-corrected chi connectivity index (χ0v) is 11.3. The summed E-state index contributed by atoms with van der Waals surface area (Å²) in [5, 5.41) is 0. The van der Waals surface area contributed by atoms with E-state index in [4.69, 9.17) is 0 Å². The minimum Gasteiger partial charge on any atom is -0.333 e. The van der Waals surface area contributed by atoms with Gasteiger partial charge in [-0.15, -0.1) is 11.3 Å². The van der Waals surface area contributed by atoms with Crippen LogP contribution >= 0.6 is 27.3 Å². The zero-order chi connectivity index (χ0) is 11.1. The Hall–Kier alpha value is -0.350. The third-order valence-corrected chi connectivity index (χ3v) is 4.54. The first-order chi connectivity index (χ1) is 7.00. The molecule has 0 atom stereocenters. The van der Waals surface area contributed by atoms with Gasteiger partial charge in [0, 0.05) is 12.1 Å². The van der Waals surface area contributed by atoms with Crippen LogP contribution in [0.1, 0.15) is 36.4 Å². The highest BCUT2D eigenvalue weighted by atomic mass is 79.9. The van der Waals surface area contributed by atoms with Crippen LogP contribution in [0.4, 0.5) is 0 Å². The Morgan fingerprint density at radius 2 is 2.27 bits per heavy atom. The first kappa shape index (κ1) is 11.1. The van der Waals surface area contributed by atoms with Gasteiger partial charge in [-0.3, -0.25) is 4.79 Å². The Morgan fingerprint density at radius 3 is 2.73 bits per heavy atom. The van der Waals surface area contributed by atoms with Crippen molar-refractivity contribution >= 4 is 33.2 Å². The van der Waals surface area contributed by atoms with Gasteiger partial charge >= 0.3 is 0 Å². The fraction of sp³-hybridized carbons (Fsp3) is 0.545. The van der Waals surface area contributed by atoms with E-state index >= 15 is 0 Å². The van der Waals surface area contributed by atoms with Crippen LogP contribution in [0.15, 0.2) is 15.9 Å². The molecule has 0 radical (unpaired) electrons. The summed E-state index contributed by atoms with van der Waals surface area (Å²) < 4.78 is 1.02. The van der Waals surface area contributed by atoms with E-state index in [0.717, 1.165) is 28.0 Å². The smallest absolute Gasteiger partial charge is 0.264 e. The molecule has 0 saturated carbocycles. The van der Waals surface area contributed by atoms with Gasteiger partial charge in [-0.25, -0.2) is 0 Å². The molecule has 1 aliphatic rings. The Morgan fingerprint density at radius 1 is 1.53 bits per heavy atom. The van der Waals surface area contributed by atoms with E-state index in [1.807, 2.05) is 17.0 Å². The lowest BCUT2D eigenvalue weighted by molar-refractivity contribution is 0.0657. The highest BCUT2D eigenvalue weighted by Crippen LogP contribution is 2.32. The van der Waals surface area contributed by atoms with Crippen molar-refractivity contribution in [1.82, 2.24) is 4.90 Å². The Bertz CT molecular complexity index is 386. The highest BCUT2D eigenvalue weighted by Gasteiger charge is 2.36. The van der Waals surface area contributed by atoms with Crippen LogP contribution in [0.25, 0.3) is 0 Å². The molecule has 82 valence electrons. The third kappa shape index (κ3) is 2.11. The van der Waals surface area contributed by atoms with E-state index < -0.39 is 0 Å². The van der Waals surface area contributed by atoms with Gasteiger partial charge in [-0.2, -0.15) is 0 Å². The first-order valence-electron chi connectivity index (χ1n) is 5.08. The molecule has 0 aromatic carbocycles. The molecule has 1 amide bonds. The van der Waals surface area contributed by atoms with E-state index in [9.17, 15) is 4.79 Å². The molecule has 0 unspecified atom stereocenters. The van der Waals surface area contributed by atoms with Gasteiger partial charge in [0.15, 0.2) is 0 Å². The van der Waals surface area contributed by atoms with Gasteiger partial charge in [0.2, 0.25) is 0 Å². The van der Waals surface area contributed by atoms with Crippen molar-refractivity contribution in [3.05, 3.63) is 20.8 Å². The van der Waals surface area contributed by atoms with Gasteiger partial charge < -0.3 is 4.90 Å². The Kier molecular flexibility index (Phi) is 2.90. The normalized spacial score (nSPS) is 19.5. The molecule has 0 N–H and O–H groups in total. The molecule has 4 heteroatoms. The minimum absolute atomic E-state index is 0.0214. The van der Waals surface area contributed by atoms with Gasteiger partial charge in [-0.05, 0) is 54.8 Å². The predicted octanol–water partition coefficient (Wildman–Crippen LogP) is 3.53. The van der Waals surface area contributed by atoms with Gasteiger partial charge in [0.1, 0.15) is 0 Å². The molecule has 2 nitrogen and oxygen atoms in total. The molecular weight excluding hydrogens is 274 g/mol. The molecule has 0 bridgehead atoms. The van der Waals surface area contributed by atoms with Crippen LogP contribution < -0.4 is 0 Å². The average Bonchev–Trinajstić information content (AvgIpc) is 2.70. The fourth-order valence-corrected chi connectivity index (χ4v) is 3.38. The van der Waals surface area contributed by atoms with E-state index in [1.165, 1.54) is 11.3 Å². The molecule has 1 fully saturated rings. The van der Waals surface area contributed by atoms with Crippen molar-refractivity contribution < 1.29 is 4.79 Å². The summed E-state index contributed by atoms with van der Waals surface area (Å²) in [5.41, 5.74) is 0.0214. The maximum atomic E-state index is 12.2. The number of halogens is 1. The van der Waals surface area contributed by atoms with Crippen LogP contribution in [-0.2, 0) is 0 Å². The highest BCUT2D eigenvalue weighted by molar-refractivity contribution is 9.11. The number of hydrogen-bond acceptors (Lipinski definition) is 2. The molecule has 0 aliphatic carbocycles. The number of thiophene rings is 1. The van der Waals surface area contributed by atoms with Crippen molar-refractivity contribution in [2.45, 2.75) is 32.2 Å². The number of carbonyl (C=O) groups is 1. The van der Waals surface area contributed by atoms with E-state index in [-0.39, 0.29) is 11.4 Å². The van der Waals surface area contributed by atoms with E-state index in [1.54, 1.807) is 0 Å². The molecule has 1 aromatic rings. The van der Waals surface area contributed by atoms with Crippen LogP contribution in [0.5, 0.6) is 0 Å². The molecular formula is C11H14BrNOS. The molecule has 1 saturated heterocycles. The number of nitrogens with zero attached hydrogens (tertiary/aromatic N) is 1. The van der Waals surface area contributed by atoms with E-state index in [0.29, 0.717) is 0 Å².